The van der Waals surface area contributed by atoms with E-state index in [0.29, 0.717) is 13.0 Å². The second-order valence-corrected chi connectivity index (χ2v) is 9.29. The molecule has 2 rings (SSSR count). The molecule has 0 saturated heterocycles. The minimum absolute atomic E-state index is 0.116. The molecule has 10 N–H and O–H groups in total. The summed E-state index contributed by atoms with van der Waals surface area (Å²) in [4.78, 5) is 74.2. The molecule has 6 amide bonds. The number of nitrogens with one attached hydrogen (secondary N) is 5. The first-order valence-electron chi connectivity index (χ1n) is 13.2. The summed E-state index contributed by atoms with van der Waals surface area (Å²) in [6.45, 7) is -1.41. The summed E-state index contributed by atoms with van der Waals surface area (Å²) in [5.74, 6) is -4.69. The fourth-order valence-corrected chi connectivity index (χ4v) is 3.80. The van der Waals surface area contributed by atoms with Crippen molar-refractivity contribution in [3.63, 3.8) is 0 Å². The van der Waals surface area contributed by atoms with Crippen LogP contribution in [0, 0.1) is 0 Å². The van der Waals surface area contributed by atoms with E-state index >= 15 is 0 Å². The van der Waals surface area contributed by atoms with Crippen LogP contribution < -0.4 is 38.1 Å². The van der Waals surface area contributed by atoms with Gasteiger partial charge in [0.05, 0.1) is 26.1 Å². The lowest BCUT2D eigenvalue weighted by Gasteiger charge is -2.24. The van der Waals surface area contributed by atoms with E-state index in [9.17, 15) is 33.9 Å². The molecule has 226 valence electrons. The Hall–Kier alpha value is -4.82. The molecule has 0 aliphatic carbocycles. The summed E-state index contributed by atoms with van der Waals surface area (Å²) in [5, 5.41) is 21.7. The maximum atomic E-state index is 13.2. The van der Waals surface area contributed by atoms with E-state index in [1.54, 1.807) is 30.3 Å². The predicted molar refractivity (Wildman–Crippen MR) is 152 cm³/mol. The molecule has 2 aromatic rings. The van der Waals surface area contributed by atoms with Gasteiger partial charge in [0.1, 0.15) is 18.1 Å². The zero-order valence-corrected chi connectivity index (χ0v) is 23.0. The summed E-state index contributed by atoms with van der Waals surface area (Å²) < 4.78 is 0. The molecule has 0 aliphatic heterocycles. The minimum Gasteiger partial charge on any atom is -0.394 e. The molecule has 0 radical (unpaired) electrons. The average Bonchev–Trinajstić information content (AvgIpc) is 2.98. The molecule has 0 saturated carbocycles. The van der Waals surface area contributed by atoms with Crippen LogP contribution in [0.2, 0.25) is 0 Å². The van der Waals surface area contributed by atoms with Crippen LogP contribution in [-0.2, 0) is 41.6 Å². The number of rotatable bonds is 17. The van der Waals surface area contributed by atoms with Gasteiger partial charge < -0.3 is 43.2 Å². The second-order valence-electron chi connectivity index (χ2n) is 9.29. The summed E-state index contributed by atoms with van der Waals surface area (Å²) in [7, 11) is 0. The van der Waals surface area contributed by atoms with Gasteiger partial charge in [-0.05, 0) is 17.5 Å². The number of benzene rings is 2. The van der Waals surface area contributed by atoms with Crippen LogP contribution in [0.5, 0.6) is 0 Å². The van der Waals surface area contributed by atoms with Crippen molar-refractivity contribution in [3.05, 3.63) is 71.8 Å². The van der Waals surface area contributed by atoms with Gasteiger partial charge in [-0.15, -0.1) is 0 Å². The van der Waals surface area contributed by atoms with E-state index in [2.05, 4.69) is 26.6 Å². The van der Waals surface area contributed by atoms with Crippen molar-refractivity contribution in [2.24, 2.45) is 11.5 Å². The lowest BCUT2D eigenvalue weighted by molar-refractivity contribution is -0.135. The van der Waals surface area contributed by atoms with Gasteiger partial charge in [0.15, 0.2) is 0 Å². The standard InChI is InChI=1S/C28H37N7O7/c29-15-24(38)32-16-25(39)33-22(17-36)28(42)35-21(14-23(30)37)27(41)34-20(13-19-9-5-2-6-10-19)26(40)31-12-11-18-7-3-1-4-8-18/h1-10,20-22,36H,11-17,29H2,(H2,30,37)(H,31,40)(H,32,38)(H,33,39)(H,34,41)(H,35,42)/t20-,21-,22-/m0/s1. The van der Waals surface area contributed by atoms with Crippen LogP contribution in [-0.4, -0.2) is 84.9 Å². The molecule has 0 bridgehead atoms. The fourth-order valence-electron chi connectivity index (χ4n) is 3.80. The Morgan fingerprint density at radius 3 is 1.83 bits per heavy atom. The Bertz CT molecular complexity index is 1210. The van der Waals surface area contributed by atoms with Crippen molar-refractivity contribution in [2.75, 3.05) is 26.2 Å². The lowest BCUT2D eigenvalue weighted by atomic mass is 10.0. The number of hydrogen-bond acceptors (Lipinski definition) is 8. The molecule has 0 heterocycles. The number of amides is 6. The van der Waals surface area contributed by atoms with Gasteiger partial charge in [0.2, 0.25) is 35.4 Å². The van der Waals surface area contributed by atoms with Gasteiger partial charge in [0.25, 0.3) is 0 Å². The summed E-state index contributed by atoms with van der Waals surface area (Å²) in [6.07, 6.45) is 0.0534. The van der Waals surface area contributed by atoms with Crippen LogP contribution in [0.25, 0.3) is 0 Å². The maximum Gasteiger partial charge on any atom is 0.245 e. The number of nitrogens with two attached hydrogens (primary N) is 2. The second kappa shape index (κ2) is 17.8. The Balaban J connectivity index is 2.10. The molecule has 3 atom stereocenters. The van der Waals surface area contributed by atoms with Gasteiger partial charge in [-0.1, -0.05) is 60.7 Å². The fraction of sp³-hybridized carbons (Fsp3) is 0.357. The van der Waals surface area contributed by atoms with Crippen molar-refractivity contribution in [1.82, 2.24) is 26.6 Å². The van der Waals surface area contributed by atoms with E-state index in [1.165, 1.54) is 0 Å². The number of primary amides is 1. The van der Waals surface area contributed by atoms with Crippen LogP contribution in [0.15, 0.2) is 60.7 Å². The lowest BCUT2D eigenvalue weighted by Crippen LogP contribution is -2.59. The molecule has 0 fully saturated rings. The van der Waals surface area contributed by atoms with Gasteiger partial charge >= 0.3 is 0 Å². The normalized spacial score (nSPS) is 12.6. The molecular formula is C28H37N7O7. The molecule has 0 aliphatic rings. The molecule has 0 spiro atoms. The zero-order chi connectivity index (χ0) is 30.9. The Kier molecular flexibility index (Phi) is 14.1. The van der Waals surface area contributed by atoms with Gasteiger partial charge in [-0.2, -0.15) is 0 Å². The van der Waals surface area contributed by atoms with E-state index in [-0.39, 0.29) is 13.0 Å². The number of carbonyl (C=O) groups excluding carboxylic acids is 6. The average molecular weight is 584 g/mol. The molecular weight excluding hydrogens is 546 g/mol. The third-order valence-electron chi connectivity index (χ3n) is 5.98. The summed E-state index contributed by atoms with van der Waals surface area (Å²) in [6, 6.07) is 14.3. The van der Waals surface area contributed by atoms with Crippen LogP contribution >= 0.6 is 0 Å². The Morgan fingerprint density at radius 1 is 0.690 bits per heavy atom. The van der Waals surface area contributed by atoms with Gasteiger partial charge in [0, 0.05) is 13.0 Å². The van der Waals surface area contributed by atoms with Crippen molar-refractivity contribution >= 4 is 35.4 Å². The molecule has 14 heteroatoms. The SMILES string of the molecule is NCC(=O)NCC(=O)N[C@@H](CO)C(=O)N[C@@H](CC(N)=O)C(=O)N[C@@H](Cc1ccccc1)C(=O)NCCc1ccccc1. The zero-order valence-electron chi connectivity index (χ0n) is 23.0. The Morgan fingerprint density at radius 2 is 1.26 bits per heavy atom. The highest BCUT2D eigenvalue weighted by atomic mass is 16.3. The van der Waals surface area contributed by atoms with Crippen molar-refractivity contribution in [3.8, 4) is 0 Å². The third kappa shape index (κ3) is 12.1. The first kappa shape index (κ1) is 33.4. The topological polar surface area (TPSA) is 235 Å². The number of carbonyl (C=O) groups is 6. The minimum atomic E-state index is -1.52. The van der Waals surface area contributed by atoms with Crippen molar-refractivity contribution < 1.29 is 33.9 Å². The Labute approximate surface area is 243 Å². The molecule has 0 aromatic heterocycles. The predicted octanol–water partition coefficient (Wildman–Crippen LogP) is -3.01. The first-order chi connectivity index (χ1) is 20.1. The highest BCUT2D eigenvalue weighted by Gasteiger charge is 2.30. The van der Waals surface area contributed by atoms with Gasteiger partial charge in [-0.3, -0.25) is 28.8 Å². The number of hydrogen-bond donors (Lipinski definition) is 8. The van der Waals surface area contributed by atoms with E-state index in [4.69, 9.17) is 11.5 Å². The summed E-state index contributed by atoms with van der Waals surface area (Å²) in [5.41, 5.74) is 12.2. The summed E-state index contributed by atoms with van der Waals surface area (Å²) >= 11 is 0. The monoisotopic (exact) mass is 583 g/mol. The van der Waals surface area contributed by atoms with Crippen LogP contribution in [0.4, 0.5) is 0 Å². The highest BCUT2D eigenvalue weighted by molar-refractivity contribution is 5.96. The quantitative estimate of drug-likeness (QED) is 0.0952. The third-order valence-corrected chi connectivity index (χ3v) is 5.98. The van der Waals surface area contributed by atoms with Crippen molar-refractivity contribution in [2.45, 2.75) is 37.4 Å². The first-order valence-corrected chi connectivity index (χ1v) is 13.2. The highest BCUT2D eigenvalue weighted by Crippen LogP contribution is 2.06. The van der Waals surface area contributed by atoms with E-state index < -0.39 is 73.1 Å². The van der Waals surface area contributed by atoms with Gasteiger partial charge in [-0.25, -0.2) is 0 Å². The van der Waals surface area contributed by atoms with Crippen molar-refractivity contribution in [1.29, 1.82) is 0 Å². The largest absolute Gasteiger partial charge is 0.394 e. The van der Waals surface area contributed by atoms with E-state index in [0.717, 1.165) is 11.1 Å². The molecule has 42 heavy (non-hydrogen) atoms. The van der Waals surface area contributed by atoms with E-state index in [1.807, 2.05) is 30.3 Å². The van der Waals surface area contributed by atoms with Crippen LogP contribution in [0.1, 0.15) is 17.5 Å². The molecule has 2 aromatic carbocycles. The molecule has 14 nitrogen and oxygen atoms in total. The smallest absolute Gasteiger partial charge is 0.245 e. The number of aliphatic hydroxyl groups excluding tert-OH is 1. The number of aliphatic hydroxyl groups is 1. The molecule has 0 unspecified atom stereocenters. The maximum absolute atomic E-state index is 13.2. The van der Waals surface area contributed by atoms with Crippen LogP contribution in [0.3, 0.4) is 0 Å².